The number of rotatable bonds is 20. The zero-order valence-electron chi connectivity index (χ0n) is 53.7. The van der Waals surface area contributed by atoms with Gasteiger partial charge < -0.3 is 153 Å². The van der Waals surface area contributed by atoms with E-state index in [9.17, 15) is 91.6 Å². The average molecular weight is 1360 g/mol. The van der Waals surface area contributed by atoms with Crippen molar-refractivity contribution in [2.45, 2.75) is 282 Å². The smallest absolute Gasteiger partial charge is 0.187 e. The molecular weight excluding hydrogens is 1260 g/mol. The molecule has 32 nitrogen and oxygen atoms in total. The minimum Gasteiger partial charge on any atom is -0.394 e. The molecule has 7 aliphatic heterocycles. The molecule has 0 amide bonds. The Morgan fingerprint density at radius 1 is 0.532 bits per heavy atom. The Labute approximate surface area is 543 Å². The predicted molar refractivity (Wildman–Crippen MR) is 309 cm³/mol. The molecule has 0 spiro atoms. The van der Waals surface area contributed by atoms with Crippen LogP contribution in [0.4, 0.5) is 0 Å². The fourth-order valence-corrected chi connectivity index (χ4v) is 18.1. The summed E-state index contributed by atoms with van der Waals surface area (Å²) in [6.07, 6.45) is -43.9. The van der Waals surface area contributed by atoms with Crippen molar-refractivity contribution in [2.24, 2.45) is 52.3 Å². The number of hydrogen-bond donors (Lipinski definition) is 17. The summed E-state index contributed by atoms with van der Waals surface area (Å²) in [6.45, 7) is 6.67. The van der Waals surface area contributed by atoms with Gasteiger partial charge in [0.15, 0.2) is 49.3 Å². The van der Waals surface area contributed by atoms with Crippen molar-refractivity contribution in [3.05, 3.63) is 0 Å². The third-order valence-electron chi connectivity index (χ3n) is 23.6. The van der Waals surface area contributed by atoms with Crippen LogP contribution in [-0.2, 0) is 71.1 Å². The number of fused-ring (bicyclic) bond motifs is 7. The van der Waals surface area contributed by atoms with Crippen LogP contribution in [0.3, 0.4) is 0 Å². The Morgan fingerprint density at radius 3 is 1.72 bits per heavy atom. The second kappa shape index (κ2) is 29.4. The Balaban J connectivity index is 0.788. The maximum atomic E-state index is 14.9. The van der Waals surface area contributed by atoms with Gasteiger partial charge in [0.05, 0.1) is 51.8 Å². The van der Waals surface area contributed by atoms with Crippen molar-refractivity contribution in [3.63, 3.8) is 0 Å². The largest absolute Gasteiger partial charge is 0.394 e. The summed E-state index contributed by atoms with van der Waals surface area (Å²) < 4.78 is 85.5. The van der Waals surface area contributed by atoms with E-state index in [1.54, 1.807) is 7.11 Å². The first-order chi connectivity index (χ1) is 44.5. The van der Waals surface area contributed by atoms with E-state index in [1.165, 1.54) is 6.92 Å². The summed E-state index contributed by atoms with van der Waals surface area (Å²) in [5.41, 5.74) is -0.577. The van der Waals surface area contributed by atoms with Gasteiger partial charge in [0.2, 0.25) is 0 Å². The van der Waals surface area contributed by atoms with Crippen molar-refractivity contribution in [3.8, 4) is 0 Å². The van der Waals surface area contributed by atoms with Gasteiger partial charge in [-0.15, -0.1) is 0 Å². The Hall–Kier alpha value is -1.57. The summed E-state index contributed by atoms with van der Waals surface area (Å²) in [7, 11) is 1.67. The Kier molecular flexibility index (Phi) is 23.0. The number of aliphatic hydroxyl groups is 17. The van der Waals surface area contributed by atoms with Crippen LogP contribution >= 0.6 is 0 Å². The summed E-state index contributed by atoms with van der Waals surface area (Å²) >= 11 is 0. The third-order valence-corrected chi connectivity index (χ3v) is 23.6. The van der Waals surface area contributed by atoms with Gasteiger partial charge in [-0.2, -0.15) is 0 Å². The van der Waals surface area contributed by atoms with E-state index >= 15 is 0 Å². The fourth-order valence-electron chi connectivity index (χ4n) is 18.1. The normalized spacial score (nSPS) is 54.9. The van der Waals surface area contributed by atoms with E-state index in [1.807, 2.05) is 6.92 Å². The standard InChI is InChI=1S/C62H102O32/c1-22(19-82-54-47(78)44(75)41(72)34(16-63)87-54)9-12-62(81-6)23(2)37-33(94-62)14-28-26-8-7-25-13-32(29(66)15-61(25,5)27(26)10-11-60(28,37)4)86-58-52(92-57-48(79)43(74)38(69)24(3)85-57)49(80)50(36(18-65)89-58)90-59-53(93-56-46(77)40(71)31(68)21-84-56)51(42(73)35(17-64)88-59)91-55-45(76)39(70)30(67)20-83-55/h22-28,30-59,63-65,67-80H,7-21H2,1-6H3/t22-,23?,24-,25-,26+,27-,28-,30+,31-,32?,33?,34+,35+,36+,37?,38-,39-,40-,41+,42+,43+,44-,45+,46+,47+,48+,49-,50-,51-,52+,53+,54+,55-,56-,57-,58+,59-,60-,61-,62+/m0/s1. The monoisotopic (exact) mass is 1360 g/mol. The molecule has 4 aliphatic carbocycles. The van der Waals surface area contributed by atoms with Gasteiger partial charge in [-0.3, -0.25) is 4.79 Å². The van der Waals surface area contributed by atoms with Gasteiger partial charge in [-0.05, 0) is 98.2 Å². The molecule has 11 fully saturated rings. The minimum atomic E-state index is -2.07. The molecule has 17 N–H and O–H groups in total. The zero-order chi connectivity index (χ0) is 67.9. The number of ether oxygens (including phenoxy) is 14. The minimum absolute atomic E-state index is 0.00313. The van der Waals surface area contributed by atoms with E-state index in [0.29, 0.717) is 12.8 Å². The molecule has 32 heteroatoms. The highest BCUT2D eigenvalue weighted by Crippen LogP contribution is 2.71. The van der Waals surface area contributed by atoms with Gasteiger partial charge in [0, 0.05) is 25.9 Å². The highest BCUT2D eigenvalue weighted by atomic mass is 16.8. The molecule has 11 rings (SSSR count). The molecule has 0 aromatic heterocycles. The van der Waals surface area contributed by atoms with E-state index < -0.39 is 222 Å². The maximum absolute atomic E-state index is 14.9. The average Bonchev–Trinajstić information content (AvgIpc) is 1.49. The van der Waals surface area contributed by atoms with Crippen LogP contribution in [0, 0.1) is 52.3 Å². The lowest BCUT2D eigenvalue weighted by atomic mass is 9.44. The van der Waals surface area contributed by atoms with Crippen molar-refractivity contribution < 1.29 is 158 Å². The highest BCUT2D eigenvalue weighted by Gasteiger charge is 2.70. The summed E-state index contributed by atoms with van der Waals surface area (Å²) in [5, 5.41) is 183. The lowest BCUT2D eigenvalue weighted by Gasteiger charge is -2.61. The number of carbonyl (C=O) groups is 1. The molecule has 0 aromatic carbocycles. The number of carbonyl (C=O) groups excluding carboxylic acids is 1. The summed E-state index contributed by atoms with van der Waals surface area (Å²) in [4.78, 5) is 14.9. The molecular formula is C62H102O32. The van der Waals surface area contributed by atoms with Crippen molar-refractivity contribution >= 4 is 5.78 Å². The molecule has 0 aromatic rings. The second-order valence-electron chi connectivity index (χ2n) is 29.1. The van der Waals surface area contributed by atoms with Crippen molar-refractivity contribution in [1.29, 1.82) is 0 Å². The van der Waals surface area contributed by atoms with Crippen LogP contribution in [0.2, 0.25) is 0 Å². The Morgan fingerprint density at radius 2 is 1.09 bits per heavy atom. The Bertz CT molecular complexity index is 2490. The SMILES string of the molecule is CO[C@]1(CC[C@H](C)CO[C@@H]2O[C@H](CO)[C@@H](O)[C@H](O)[C@H]2O)OC2C[C@H]3[C@@H]4CC[C@H]5CC(O[C@@H]6O[C@H](CO)[C@H](O[C@@H]7O[C@H](CO)[C@@H](O)[C@H](O[C@@H]8OC[C@@H](O)[C@H](O)[C@H]8O)[C@H]7O[C@@H]7OC[C@H](O)[C@H](O)[C@H]7O)[C@H](O)[C@H]6O[C@@H]6O[C@@H](C)[C@H](O)[C@@H](O)[C@H]6O)C(=O)C[C@]5(C)[C@H]4CC[C@]3(C)C2C1C. The van der Waals surface area contributed by atoms with E-state index in [2.05, 4.69) is 20.8 Å². The number of methoxy groups -OCH3 is 1. The molecule has 4 saturated carbocycles. The number of ketones is 1. The summed E-state index contributed by atoms with van der Waals surface area (Å²) in [5.74, 6) is -0.381. The van der Waals surface area contributed by atoms with Crippen LogP contribution in [0.25, 0.3) is 0 Å². The van der Waals surface area contributed by atoms with Gasteiger partial charge in [-0.1, -0.05) is 27.7 Å². The first kappa shape index (κ1) is 73.6. The van der Waals surface area contributed by atoms with Crippen molar-refractivity contribution in [1.82, 2.24) is 0 Å². The third kappa shape index (κ3) is 13.5. The molecule has 7 saturated heterocycles. The predicted octanol–water partition coefficient (Wildman–Crippen LogP) is -6.17. The maximum Gasteiger partial charge on any atom is 0.187 e. The summed E-state index contributed by atoms with van der Waals surface area (Å²) in [6, 6.07) is 0. The fraction of sp³-hybridized carbons (Fsp3) is 0.984. The van der Waals surface area contributed by atoms with Crippen LogP contribution in [-0.4, -0.2) is 329 Å². The van der Waals surface area contributed by atoms with Gasteiger partial charge in [0.25, 0.3) is 0 Å². The topological polar surface area (TPSA) is 490 Å². The van der Waals surface area contributed by atoms with E-state index in [-0.39, 0.29) is 78.2 Å². The molecule has 11 aliphatic rings. The zero-order valence-corrected chi connectivity index (χ0v) is 53.7. The first-order valence-corrected chi connectivity index (χ1v) is 33.4. The number of hydrogen-bond acceptors (Lipinski definition) is 32. The van der Waals surface area contributed by atoms with Gasteiger partial charge in [-0.25, -0.2) is 0 Å². The van der Waals surface area contributed by atoms with Gasteiger partial charge in [0.1, 0.15) is 134 Å². The van der Waals surface area contributed by atoms with Crippen LogP contribution in [0.15, 0.2) is 0 Å². The quantitative estimate of drug-likeness (QED) is 0.0504. The highest BCUT2D eigenvalue weighted by molar-refractivity contribution is 5.84. The van der Waals surface area contributed by atoms with E-state index in [0.717, 1.165) is 32.1 Å². The molecule has 542 valence electrons. The van der Waals surface area contributed by atoms with Crippen molar-refractivity contribution in [2.75, 3.05) is 46.8 Å². The molecule has 4 unspecified atom stereocenters. The lowest BCUT2D eigenvalue weighted by molar-refractivity contribution is -0.407. The number of Topliss-reactive ketones (excluding diaryl/α,β-unsaturated/α-hetero) is 1. The molecule has 0 radical (unpaired) electrons. The van der Waals surface area contributed by atoms with Crippen LogP contribution in [0.5, 0.6) is 0 Å². The molecule has 7 heterocycles. The van der Waals surface area contributed by atoms with Gasteiger partial charge >= 0.3 is 0 Å². The molecule has 0 bridgehead atoms. The lowest BCUT2D eigenvalue weighted by Crippen LogP contribution is -2.69. The van der Waals surface area contributed by atoms with Crippen LogP contribution < -0.4 is 0 Å². The first-order valence-electron chi connectivity index (χ1n) is 33.4. The number of aliphatic hydroxyl groups excluding tert-OH is 17. The molecule has 94 heavy (non-hydrogen) atoms. The molecule has 40 atom stereocenters. The van der Waals surface area contributed by atoms with Crippen LogP contribution in [0.1, 0.15) is 92.4 Å². The van der Waals surface area contributed by atoms with E-state index in [4.69, 9.17) is 66.3 Å². The second-order valence-corrected chi connectivity index (χ2v) is 29.1.